The molecule has 0 aliphatic rings. The summed E-state index contributed by atoms with van der Waals surface area (Å²) in [7, 11) is 0.996. The zero-order valence-electron chi connectivity index (χ0n) is 7.53. The van der Waals surface area contributed by atoms with E-state index in [1.807, 2.05) is 0 Å². The van der Waals surface area contributed by atoms with Gasteiger partial charge in [0.15, 0.2) is 0 Å². The van der Waals surface area contributed by atoms with Crippen LogP contribution in [0.2, 0.25) is 0 Å². The summed E-state index contributed by atoms with van der Waals surface area (Å²) >= 11 is 0. The molecule has 67 valence electrons. The topological polar surface area (TPSA) is 57.5 Å². The zero-order chi connectivity index (χ0) is 10.0. The van der Waals surface area contributed by atoms with Gasteiger partial charge in [0.25, 0.3) is 0 Å². The van der Waals surface area contributed by atoms with Gasteiger partial charge in [-0.3, -0.25) is 0 Å². The summed E-state index contributed by atoms with van der Waals surface area (Å²) in [6.07, 6.45) is 0. The van der Waals surface area contributed by atoms with Crippen molar-refractivity contribution in [3.63, 3.8) is 0 Å². The molecular formula is C9H10BO3. The first-order valence-corrected chi connectivity index (χ1v) is 3.88. The Kier molecular flexibility index (Phi) is 2.73. The normalized spacial score (nSPS) is 9.77. The van der Waals surface area contributed by atoms with E-state index in [0.29, 0.717) is 5.46 Å². The minimum atomic E-state index is -0.948. The SMILES string of the molecule is Cc1cc(C(=O)O)cc(C)c1[B]O. The smallest absolute Gasteiger partial charge is 0.335 e. The molecule has 0 saturated heterocycles. The number of aromatic carboxylic acids is 1. The molecule has 4 heteroatoms. The fourth-order valence-corrected chi connectivity index (χ4v) is 1.30. The Hall–Kier alpha value is -1.29. The van der Waals surface area contributed by atoms with Gasteiger partial charge in [-0.25, -0.2) is 4.79 Å². The molecule has 3 nitrogen and oxygen atoms in total. The molecule has 0 heterocycles. The largest absolute Gasteiger partial charge is 0.478 e. The van der Waals surface area contributed by atoms with Gasteiger partial charge >= 0.3 is 13.5 Å². The van der Waals surface area contributed by atoms with Crippen molar-refractivity contribution in [2.75, 3.05) is 0 Å². The predicted octanol–water partition coefficient (Wildman–Crippen LogP) is 0.238. The van der Waals surface area contributed by atoms with Crippen LogP contribution in [0.25, 0.3) is 0 Å². The van der Waals surface area contributed by atoms with Crippen LogP contribution < -0.4 is 5.46 Å². The molecule has 0 bridgehead atoms. The molecule has 0 spiro atoms. The first-order valence-electron chi connectivity index (χ1n) is 3.88. The molecule has 1 rings (SSSR count). The van der Waals surface area contributed by atoms with Gasteiger partial charge in [0, 0.05) is 0 Å². The lowest BCUT2D eigenvalue weighted by atomic mass is 9.80. The van der Waals surface area contributed by atoms with Crippen LogP contribution in [0.1, 0.15) is 21.5 Å². The molecule has 1 radical (unpaired) electrons. The summed E-state index contributed by atoms with van der Waals surface area (Å²) in [6, 6.07) is 3.08. The van der Waals surface area contributed by atoms with E-state index in [2.05, 4.69) is 0 Å². The van der Waals surface area contributed by atoms with Crippen LogP contribution in [0.5, 0.6) is 0 Å². The van der Waals surface area contributed by atoms with Crippen molar-refractivity contribution in [3.8, 4) is 0 Å². The van der Waals surface area contributed by atoms with Gasteiger partial charge in [0.1, 0.15) is 0 Å². The predicted molar refractivity (Wildman–Crippen MR) is 50.5 cm³/mol. The fraction of sp³-hybridized carbons (Fsp3) is 0.222. The lowest BCUT2D eigenvalue weighted by Gasteiger charge is -2.06. The van der Waals surface area contributed by atoms with E-state index in [1.54, 1.807) is 13.8 Å². The summed E-state index contributed by atoms with van der Waals surface area (Å²) < 4.78 is 0. The zero-order valence-corrected chi connectivity index (χ0v) is 7.53. The van der Waals surface area contributed by atoms with Gasteiger partial charge in [-0.2, -0.15) is 0 Å². The maximum Gasteiger partial charge on any atom is 0.335 e. The molecule has 1 aromatic carbocycles. The first-order chi connectivity index (χ1) is 6.06. The molecular weight excluding hydrogens is 167 g/mol. The second kappa shape index (κ2) is 3.62. The second-order valence-electron chi connectivity index (χ2n) is 2.96. The number of hydrogen-bond donors (Lipinski definition) is 2. The van der Waals surface area contributed by atoms with Gasteiger partial charge < -0.3 is 10.1 Å². The van der Waals surface area contributed by atoms with E-state index in [0.717, 1.165) is 18.6 Å². The number of hydrogen-bond acceptors (Lipinski definition) is 2. The Balaban J connectivity index is 3.28. The molecule has 0 aliphatic heterocycles. The number of carbonyl (C=O) groups is 1. The summed E-state index contributed by atoms with van der Waals surface area (Å²) in [5.41, 5.74) is 2.46. The average Bonchev–Trinajstić information content (AvgIpc) is 2.03. The number of rotatable bonds is 2. The lowest BCUT2D eigenvalue weighted by Crippen LogP contribution is -2.21. The molecule has 0 saturated carbocycles. The molecule has 0 unspecified atom stereocenters. The Labute approximate surface area is 77.3 Å². The molecule has 0 atom stereocenters. The fourth-order valence-electron chi connectivity index (χ4n) is 1.30. The van der Waals surface area contributed by atoms with Crippen LogP contribution in [-0.4, -0.2) is 23.6 Å². The number of benzene rings is 1. The summed E-state index contributed by atoms with van der Waals surface area (Å²) in [4.78, 5) is 10.6. The Morgan fingerprint density at radius 2 is 1.77 bits per heavy atom. The van der Waals surface area contributed by atoms with E-state index in [-0.39, 0.29) is 5.56 Å². The van der Waals surface area contributed by atoms with Gasteiger partial charge in [-0.15, -0.1) is 0 Å². The summed E-state index contributed by atoms with van der Waals surface area (Å²) in [6.45, 7) is 3.53. The molecule has 13 heavy (non-hydrogen) atoms. The van der Waals surface area contributed by atoms with E-state index in [9.17, 15) is 4.79 Å². The van der Waals surface area contributed by atoms with Gasteiger partial charge in [0.05, 0.1) is 5.56 Å². The average molecular weight is 177 g/mol. The maximum absolute atomic E-state index is 10.6. The van der Waals surface area contributed by atoms with Crippen molar-refractivity contribution in [1.29, 1.82) is 0 Å². The van der Waals surface area contributed by atoms with Crippen LogP contribution in [-0.2, 0) is 0 Å². The molecule has 0 amide bonds. The minimum absolute atomic E-state index is 0.251. The van der Waals surface area contributed by atoms with Crippen LogP contribution in [0.15, 0.2) is 12.1 Å². The quantitative estimate of drug-likeness (QED) is 0.636. The van der Waals surface area contributed by atoms with Gasteiger partial charge in [-0.1, -0.05) is 11.1 Å². The molecule has 0 fully saturated rings. The van der Waals surface area contributed by atoms with Crippen molar-refractivity contribution in [3.05, 3.63) is 28.8 Å². The van der Waals surface area contributed by atoms with Crippen LogP contribution in [0.3, 0.4) is 0 Å². The Morgan fingerprint density at radius 1 is 1.31 bits per heavy atom. The van der Waals surface area contributed by atoms with E-state index in [4.69, 9.17) is 10.1 Å². The summed E-state index contributed by atoms with van der Waals surface area (Å²) in [5.74, 6) is -0.948. The minimum Gasteiger partial charge on any atom is -0.478 e. The highest BCUT2D eigenvalue weighted by Gasteiger charge is 2.09. The molecule has 0 aliphatic carbocycles. The van der Waals surface area contributed by atoms with Crippen LogP contribution in [0, 0.1) is 13.8 Å². The first kappa shape index (κ1) is 9.80. The third-order valence-electron chi connectivity index (χ3n) is 1.97. The Morgan fingerprint density at radius 3 is 2.08 bits per heavy atom. The van der Waals surface area contributed by atoms with E-state index < -0.39 is 5.97 Å². The number of carboxylic acid groups (broad SMARTS) is 1. The Bertz CT molecular complexity index is 324. The van der Waals surface area contributed by atoms with E-state index >= 15 is 0 Å². The van der Waals surface area contributed by atoms with Crippen molar-refractivity contribution in [1.82, 2.24) is 0 Å². The van der Waals surface area contributed by atoms with Crippen LogP contribution >= 0.6 is 0 Å². The monoisotopic (exact) mass is 177 g/mol. The lowest BCUT2D eigenvalue weighted by molar-refractivity contribution is 0.0696. The molecule has 2 N–H and O–H groups in total. The van der Waals surface area contributed by atoms with E-state index in [1.165, 1.54) is 12.1 Å². The highest BCUT2D eigenvalue weighted by Crippen LogP contribution is 2.06. The highest BCUT2D eigenvalue weighted by molar-refractivity contribution is 6.47. The number of carboxylic acids is 1. The third-order valence-corrected chi connectivity index (χ3v) is 1.97. The standard InChI is InChI=1S/C9H10BO3/c1-5-3-7(9(11)12)4-6(2)8(5)10-13/h3-4,13H,1-2H3,(H,11,12). The van der Waals surface area contributed by atoms with Gasteiger partial charge in [-0.05, 0) is 31.4 Å². The van der Waals surface area contributed by atoms with Crippen molar-refractivity contribution >= 4 is 18.9 Å². The van der Waals surface area contributed by atoms with Crippen LogP contribution in [0.4, 0.5) is 0 Å². The summed E-state index contributed by atoms with van der Waals surface area (Å²) in [5, 5.41) is 17.6. The maximum atomic E-state index is 10.6. The third kappa shape index (κ3) is 1.90. The van der Waals surface area contributed by atoms with Gasteiger partial charge in [0.2, 0.25) is 0 Å². The van der Waals surface area contributed by atoms with Crippen molar-refractivity contribution < 1.29 is 14.9 Å². The molecule has 1 aromatic rings. The number of aryl methyl sites for hydroxylation is 2. The molecule has 0 aromatic heterocycles. The second-order valence-corrected chi connectivity index (χ2v) is 2.96. The van der Waals surface area contributed by atoms with Crippen molar-refractivity contribution in [2.45, 2.75) is 13.8 Å². The highest BCUT2D eigenvalue weighted by atomic mass is 16.4. The van der Waals surface area contributed by atoms with Crippen molar-refractivity contribution in [2.24, 2.45) is 0 Å².